The Labute approximate surface area is 194 Å². The van der Waals surface area contributed by atoms with Gasteiger partial charge in [0.1, 0.15) is 6.54 Å². The van der Waals surface area contributed by atoms with Crippen molar-refractivity contribution in [2.24, 2.45) is 0 Å². The van der Waals surface area contributed by atoms with Crippen molar-refractivity contribution in [3.63, 3.8) is 0 Å². The second-order valence-electron chi connectivity index (χ2n) is 8.07. The van der Waals surface area contributed by atoms with E-state index >= 15 is 0 Å². The lowest BCUT2D eigenvalue weighted by Gasteiger charge is -2.09. The molecule has 34 heavy (non-hydrogen) atoms. The van der Waals surface area contributed by atoms with Gasteiger partial charge in [-0.1, -0.05) is 61.5 Å². The van der Waals surface area contributed by atoms with Crippen molar-refractivity contribution in [1.82, 2.24) is 18.7 Å². The molecule has 0 spiro atoms. The average Bonchev–Trinajstić information content (AvgIpc) is 3.18. The number of fused-ring (bicyclic) bond motifs is 3. The van der Waals surface area contributed by atoms with Gasteiger partial charge >= 0.3 is 5.69 Å². The lowest BCUT2D eigenvalue weighted by molar-refractivity contribution is -0.117. The summed E-state index contributed by atoms with van der Waals surface area (Å²) in [5.74, 6) is -0.186. The Kier molecular flexibility index (Phi) is 5.55. The van der Waals surface area contributed by atoms with Crippen molar-refractivity contribution in [1.29, 1.82) is 0 Å². The van der Waals surface area contributed by atoms with Crippen molar-refractivity contribution < 1.29 is 4.79 Å². The first-order valence-electron chi connectivity index (χ1n) is 11.1. The molecule has 3 aromatic carbocycles. The van der Waals surface area contributed by atoms with Crippen LogP contribution in [0.2, 0.25) is 0 Å². The molecule has 8 nitrogen and oxygen atoms in total. The molecule has 1 N–H and O–H groups in total. The van der Waals surface area contributed by atoms with Crippen LogP contribution < -0.4 is 16.6 Å². The predicted octanol–water partition coefficient (Wildman–Crippen LogP) is 3.06. The first kappa shape index (κ1) is 21.4. The predicted molar refractivity (Wildman–Crippen MR) is 131 cm³/mol. The molecule has 2 heterocycles. The van der Waals surface area contributed by atoms with E-state index in [1.807, 2.05) is 54.6 Å². The maximum absolute atomic E-state index is 13.3. The van der Waals surface area contributed by atoms with Crippen molar-refractivity contribution >= 4 is 28.3 Å². The van der Waals surface area contributed by atoms with Crippen LogP contribution >= 0.6 is 0 Å². The van der Waals surface area contributed by atoms with Gasteiger partial charge in [0.25, 0.3) is 5.56 Å². The van der Waals surface area contributed by atoms with E-state index in [-0.39, 0.29) is 30.3 Å². The number of carbonyl (C=O) groups excluding carboxylic acids is 1. The summed E-state index contributed by atoms with van der Waals surface area (Å²) in [5, 5.41) is 7.61. The van der Waals surface area contributed by atoms with Gasteiger partial charge in [-0.3, -0.25) is 14.2 Å². The Bertz CT molecular complexity index is 1610. The number of benzene rings is 3. The molecule has 0 saturated heterocycles. The maximum atomic E-state index is 13.3. The summed E-state index contributed by atoms with van der Waals surface area (Å²) < 4.78 is 3.96. The average molecular weight is 454 g/mol. The number of amides is 1. The standard InChI is InChI=1S/C26H23N5O3/c1-2-18-12-14-20(15-13-18)27-23(32)17-30-26(34)31-22-11-7-6-10-21(22)24(33)29(25(31)28-30)16-19-8-4-3-5-9-19/h3-15H,2,16-17H2,1H3,(H,27,32). The van der Waals surface area contributed by atoms with Gasteiger partial charge < -0.3 is 5.32 Å². The Balaban J connectivity index is 1.57. The smallest absolute Gasteiger partial charge is 0.324 e. The monoisotopic (exact) mass is 453 g/mol. The highest BCUT2D eigenvalue weighted by Gasteiger charge is 2.19. The van der Waals surface area contributed by atoms with Gasteiger partial charge in [0.05, 0.1) is 17.4 Å². The van der Waals surface area contributed by atoms with E-state index in [0.717, 1.165) is 22.2 Å². The van der Waals surface area contributed by atoms with Gasteiger partial charge in [-0.25, -0.2) is 13.9 Å². The second-order valence-corrected chi connectivity index (χ2v) is 8.07. The Morgan fingerprint density at radius 1 is 0.882 bits per heavy atom. The molecule has 0 bridgehead atoms. The second kappa shape index (κ2) is 8.82. The first-order chi connectivity index (χ1) is 16.5. The van der Waals surface area contributed by atoms with Crippen molar-refractivity contribution in [2.45, 2.75) is 26.4 Å². The summed E-state index contributed by atoms with van der Waals surface area (Å²) in [6.45, 7) is 2.04. The number of hydrogen-bond acceptors (Lipinski definition) is 4. The maximum Gasteiger partial charge on any atom is 0.352 e. The first-order valence-corrected chi connectivity index (χ1v) is 11.1. The molecule has 0 fully saturated rings. The molecule has 0 radical (unpaired) electrons. The van der Waals surface area contributed by atoms with E-state index < -0.39 is 5.69 Å². The molecule has 2 aromatic heterocycles. The normalized spacial score (nSPS) is 11.2. The zero-order valence-electron chi connectivity index (χ0n) is 18.6. The SMILES string of the molecule is CCc1ccc(NC(=O)Cn2nc3n(Cc4ccccc4)c(=O)c4ccccc4n3c2=O)cc1. The van der Waals surface area contributed by atoms with Gasteiger partial charge in [-0.15, -0.1) is 5.10 Å². The Hall–Kier alpha value is -4.46. The molecule has 0 aliphatic carbocycles. The van der Waals surface area contributed by atoms with Gasteiger partial charge in [0.15, 0.2) is 0 Å². The molecule has 0 atom stereocenters. The van der Waals surface area contributed by atoms with Gasteiger partial charge in [-0.05, 0) is 41.8 Å². The van der Waals surface area contributed by atoms with Gasteiger partial charge in [-0.2, -0.15) is 0 Å². The number of hydrogen-bond donors (Lipinski definition) is 1. The minimum atomic E-state index is -0.482. The van der Waals surface area contributed by atoms with Crippen LogP contribution in [0, 0.1) is 0 Å². The van der Waals surface area contributed by atoms with Crippen LogP contribution in [0.25, 0.3) is 16.7 Å². The number of rotatable bonds is 6. The summed E-state index contributed by atoms with van der Waals surface area (Å²) in [6.07, 6.45) is 0.906. The number of nitrogens with zero attached hydrogens (tertiary/aromatic N) is 4. The lowest BCUT2D eigenvalue weighted by Crippen LogP contribution is -2.29. The number of anilines is 1. The summed E-state index contributed by atoms with van der Waals surface area (Å²) in [5.41, 5.74) is 2.44. The van der Waals surface area contributed by atoms with E-state index in [1.165, 1.54) is 8.97 Å². The quantitative estimate of drug-likeness (QED) is 0.428. The highest BCUT2D eigenvalue weighted by atomic mass is 16.2. The van der Waals surface area contributed by atoms with Gasteiger partial charge in [0, 0.05) is 5.69 Å². The lowest BCUT2D eigenvalue weighted by atomic mass is 10.1. The number of para-hydroxylation sites is 1. The van der Waals surface area contributed by atoms with E-state index in [1.54, 1.807) is 24.3 Å². The van der Waals surface area contributed by atoms with Crippen LogP contribution in [-0.2, 0) is 24.3 Å². The third-order valence-electron chi connectivity index (χ3n) is 5.81. The summed E-state index contributed by atoms with van der Waals surface area (Å²) in [7, 11) is 0. The molecule has 0 unspecified atom stereocenters. The van der Waals surface area contributed by atoms with Crippen LogP contribution in [0.4, 0.5) is 5.69 Å². The number of aryl methyl sites for hydroxylation is 1. The molecule has 0 aliphatic heterocycles. The third-order valence-corrected chi connectivity index (χ3v) is 5.81. The Morgan fingerprint density at radius 3 is 2.32 bits per heavy atom. The zero-order chi connectivity index (χ0) is 23.7. The Morgan fingerprint density at radius 2 is 1.59 bits per heavy atom. The number of nitrogens with one attached hydrogen (secondary N) is 1. The fraction of sp³-hybridized carbons (Fsp3) is 0.154. The van der Waals surface area contributed by atoms with Crippen LogP contribution in [0.3, 0.4) is 0 Å². The molecular weight excluding hydrogens is 430 g/mol. The van der Waals surface area contributed by atoms with Crippen LogP contribution in [0.5, 0.6) is 0 Å². The summed E-state index contributed by atoms with van der Waals surface area (Å²) in [6, 6.07) is 24.0. The molecule has 170 valence electrons. The highest BCUT2D eigenvalue weighted by Crippen LogP contribution is 2.13. The summed E-state index contributed by atoms with van der Waals surface area (Å²) >= 11 is 0. The van der Waals surface area contributed by atoms with E-state index in [2.05, 4.69) is 17.3 Å². The van der Waals surface area contributed by atoms with Crippen molar-refractivity contribution in [2.75, 3.05) is 5.32 Å². The molecule has 1 amide bonds. The van der Waals surface area contributed by atoms with E-state index in [9.17, 15) is 14.4 Å². The zero-order valence-corrected chi connectivity index (χ0v) is 18.6. The van der Waals surface area contributed by atoms with Crippen LogP contribution in [-0.4, -0.2) is 24.7 Å². The number of carbonyl (C=O) groups is 1. The number of aromatic nitrogens is 4. The molecule has 0 saturated carbocycles. The van der Waals surface area contributed by atoms with Crippen molar-refractivity contribution in [3.8, 4) is 0 Å². The fourth-order valence-electron chi connectivity index (χ4n) is 4.04. The van der Waals surface area contributed by atoms with Crippen LogP contribution in [0.1, 0.15) is 18.1 Å². The minimum Gasteiger partial charge on any atom is -0.324 e. The fourth-order valence-corrected chi connectivity index (χ4v) is 4.04. The molecule has 5 aromatic rings. The molecule has 8 heteroatoms. The van der Waals surface area contributed by atoms with E-state index in [4.69, 9.17) is 0 Å². The highest BCUT2D eigenvalue weighted by molar-refractivity contribution is 5.90. The molecular formula is C26H23N5O3. The van der Waals surface area contributed by atoms with Gasteiger partial charge in [0.2, 0.25) is 11.7 Å². The molecule has 0 aliphatic rings. The topological polar surface area (TPSA) is 90.4 Å². The molecule has 5 rings (SSSR count). The summed E-state index contributed by atoms with van der Waals surface area (Å²) in [4.78, 5) is 39.3. The van der Waals surface area contributed by atoms with Crippen LogP contribution in [0.15, 0.2) is 88.5 Å². The minimum absolute atomic E-state index is 0.192. The van der Waals surface area contributed by atoms with E-state index in [0.29, 0.717) is 16.6 Å². The largest absolute Gasteiger partial charge is 0.352 e. The third kappa shape index (κ3) is 3.90. The van der Waals surface area contributed by atoms with Crippen molar-refractivity contribution in [3.05, 3.63) is 111 Å².